The van der Waals surface area contributed by atoms with E-state index < -0.39 is 0 Å². The van der Waals surface area contributed by atoms with Crippen LogP contribution in [0.4, 0.5) is 5.95 Å². The Kier molecular flexibility index (Phi) is 3.35. The number of aromatic nitrogens is 2. The average Bonchev–Trinajstić information content (AvgIpc) is 2.30. The molecule has 0 aromatic carbocycles. The Bertz CT molecular complexity index is 310. The molecular weight excluding hydrogens is 216 g/mol. The van der Waals surface area contributed by atoms with Crippen LogP contribution < -0.4 is 10.8 Å². The van der Waals surface area contributed by atoms with Gasteiger partial charge < -0.3 is 9.74 Å². The van der Waals surface area contributed by atoms with Gasteiger partial charge in [-0.1, -0.05) is 11.6 Å². The van der Waals surface area contributed by atoms with Crippen LogP contribution in [0.5, 0.6) is 0 Å². The maximum atomic E-state index is 5.72. The number of rotatable bonds is 2. The Morgan fingerprint density at radius 2 is 1.93 bits per heavy atom. The van der Waals surface area contributed by atoms with E-state index in [0.717, 1.165) is 31.9 Å². The molecule has 1 aromatic heterocycles. The summed E-state index contributed by atoms with van der Waals surface area (Å²) >= 11 is 5.72. The van der Waals surface area contributed by atoms with Gasteiger partial charge in [-0.05, 0) is 12.8 Å². The van der Waals surface area contributed by atoms with Crippen molar-refractivity contribution in [2.75, 3.05) is 18.0 Å². The molecular formula is C9H13ClN4O. The fraction of sp³-hybridized carbons (Fsp3) is 0.556. The van der Waals surface area contributed by atoms with E-state index in [4.69, 9.17) is 22.3 Å². The van der Waals surface area contributed by atoms with Gasteiger partial charge in [-0.2, -0.15) is 0 Å². The zero-order chi connectivity index (χ0) is 10.7. The lowest BCUT2D eigenvalue weighted by molar-refractivity contribution is 0.0366. The molecule has 0 radical (unpaired) electrons. The number of nitrogens with two attached hydrogens (primary N) is 1. The maximum absolute atomic E-state index is 5.72. The molecule has 82 valence electrons. The van der Waals surface area contributed by atoms with Crippen molar-refractivity contribution in [1.82, 2.24) is 9.97 Å². The predicted octanol–water partition coefficient (Wildman–Crippen LogP) is 0.989. The van der Waals surface area contributed by atoms with Gasteiger partial charge in [0.1, 0.15) is 0 Å². The van der Waals surface area contributed by atoms with Gasteiger partial charge in [0.25, 0.3) is 0 Å². The molecule has 0 spiro atoms. The Labute approximate surface area is 93.2 Å². The number of halogens is 1. The van der Waals surface area contributed by atoms with Crippen molar-refractivity contribution < 1.29 is 4.84 Å². The SMILES string of the molecule is NOC1CCN(c2ncc(Cl)cn2)CC1. The first kappa shape index (κ1) is 10.6. The summed E-state index contributed by atoms with van der Waals surface area (Å²) < 4.78 is 0. The minimum absolute atomic E-state index is 0.161. The summed E-state index contributed by atoms with van der Waals surface area (Å²) in [5.74, 6) is 5.86. The van der Waals surface area contributed by atoms with Crippen LogP contribution in [0.25, 0.3) is 0 Å². The summed E-state index contributed by atoms with van der Waals surface area (Å²) in [6.45, 7) is 1.73. The lowest BCUT2D eigenvalue weighted by atomic mass is 10.1. The lowest BCUT2D eigenvalue weighted by Gasteiger charge is -2.30. The second kappa shape index (κ2) is 4.74. The Morgan fingerprint density at radius 3 is 2.47 bits per heavy atom. The Hall–Kier alpha value is -0.910. The third-order valence-electron chi connectivity index (χ3n) is 2.52. The Balaban J connectivity index is 1.98. The van der Waals surface area contributed by atoms with Crippen LogP contribution in [-0.4, -0.2) is 29.2 Å². The highest BCUT2D eigenvalue weighted by Crippen LogP contribution is 2.17. The van der Waals surface area contributed by atoms with Crippen molar-refractivity contribution in [1.29, 1.82) is 0 Å². The van der Waals surface area contributed by atoms with E-state index in [-0.39, 0.29) is 6.10 Å². The fourth-order valence-corrected chi connectivity index (χ4v) is 1.76. The molecule has 0 unspecified atom stereocenters. The van der Waals surface area contributed by atoms with Crippen molar-refractivity contribution >= 4 is 17.5 Å². The van der Waals surface area contributed by atoms with E-state index in [9.17, 15) is 0 Å². The highest BCUT2D eigenvalue weighted by Gasteiger charge is 2.20. The topological polar surface area (TPSA) is 64.3 Å². The molecule has 5 nitrogen and oxygen atoms in total. The van der Waals surface area contributed by atoms with E-state index in [1.165, 1.54) is 0 Å². The van der Waals surface area contributed by atoms with Gasteiger partial charge >= 0.3 is 0 Å². The van der Waals surface area contributed by atoms with Crippen molar-refractivity contribution in [2.45, 2.75) is 18.9 Å². The summed E-state index contributed by atoms with van der Waals surface area (Å²) in [5, 5.41) is 0.555. The molecule has 0 aliphatic carbocycles. The first-order valence-corrected chi connectivity index (χ1v) is 5.25. The Morgan fingerprint density at radius 1 is 1.33 bits per heavy atom. The number of nitrogens with zero attached hydrogens (tertiary/aromatic N) is 3. The van der Waals surface area contributed by atoms with Crippen LogP contribution in [0.2, 0.25) is 5.02 Å². The summed E-state index contributed by atoms with van der Waals surface area (Å²) in [4.78, 5) is 15.2. The standard InChI is InChI=1S/C9H13ClN4O/c10-7-5-12-9(13-6-7)14-3-1-8(15-11)2-4-14/h5-6,8H,1-4,11H2. The minimum Gasteiger partial charge on any atom is -0.341 e. The smallest absolute Gasteiger partial charge is 0.225 e. The van der Waals surface area contributed by atoms with Crippen LogP contribution in [0, 0.1) is 0 Å². The van der Waals surface area contributed by atoms with Gasteiger partial charge in [0.15, 0.2) is 0 Å². The van der Waals surface area contributed by atoms with E-state index in [2.05, 4.69) is 14.9 Å². The van der Waals surface area contributed by atoms with Crippen LogP contribution in [0.3, 0.4) is 0 Å². The molecule has 1 aromatic rings. The van der Waals surface area contributed by atoms with Gasteiger partial charge in [-0.15, -0.1) is 0 Å². The molecule has 1 saturated heterocycles. The molecule has 0 saturated carbocycles. The van der Waals surface area contributed by atoms with E-state index in [1.807, 2.05) is 0 Å². The second-order valence-corrected chi connectivity index (χ2v) is 3.96. The molecule has 2 rings (SSSR count). The molecule has 1 aliphatic rings. The predicted molar refractivity (Wildman–Crippen MR) is 57.5 cm³/mol. The molecule has 0 atom stereocenters. The average molecular weight is 229 g/mol. The van der Waals surface area contributed by atoms with E-state index in [1.54, 1.807) is 12.4 Å². The van der Waals surface area contributed by atoms with E-state index >= 15 is 0 Å². The number of hydrogen-bond acceptors (Lipinski definition) is 5. The quantitative estimate of drug-likeness (QED) is 0.765. The van der Waals surface area contributed by atoms with Crippen LogP contribution in [0.15, 0.2) is 12.4 Å². The molecule has 0 bridgehead atoms. The monoisotopic (exact) mass is 228 g/mol. The third-order valence-corrected chi connectivity index (χ3v) is 2.72. The fourth-order valence-electron chi connectivity index (χ4n) is 1.66. The summed E-state index contributed by atoms with van der Waals surface area (Å²) in [7, 11) is 0. The zero-order valence-corrected chi connectivity index (χ0v) is 9.02. The van der Waals surface area contributed by atoms with Crippen molar-refractivity contribution in [3.8, 4) is 0 Å². The van der Waals surface area contributed by atoms with Gasteiger partial charge in [-0.3, -0.25) is 0 Å². The van der Waals surface area contributed by atoms with Gasteiger partial charge in [0, 0.05) is 13.1 Å². The number of hydrogen-bond donors (Lipinski definition) is 1. The maximum Gasteiger partial charge on any atom is 0.225 e. The van der Waals surface area contributed by atoms with Crippen LogP contribution in [-0.2, 0) is 4.84 Å². The largest absolute Gasteiger partial charge is 0.341 e. The van der Waals surface area contributed by atoms with Crippen LogP contribution >= 0.6 is 11.6 Å². The van der Waals surface area contributed by atoms with Crippen molar-refractivity contribution in [2.24, 2.45) is 5.90 Å². The minimum atomic E-state index is 0.161. The highest BCUT2D eigenvalue weighted by molar-refractivity contribution is 6.30. The first-order chi connectivity index (χ1) is 7.29. The molecule has 2 heterocycles. The number of piperidine rings is 1. The summed E-state index contributed by atoms with van der Waals surface area (Å²) in [6.07, 6.45) is 5.18. The lowest BCUT2D eigenvalue weighted by Crippen LogP contribution is -2.38. The van der Waals surface area contributed by atoms with Gasteiger partial charge in [0.05, 0.1) is 23.5 Å². The van der Waals surface area contributed by atoms with Gasteiger partial charge in [0.2, 0.25) is 5.95 Å². The zero-order valence-electron chi connectivity index (χ0n) is 8.27. The van der Waals surface area contributed by atoms with Gasteiger partial charge in [-0.25, -0.2) is 15.9 Å². The van der Waals surface area contributed by atoms with E-state index in [0.29, 0.717) is 5.02 Å². The second-order valence-electron chi connectivity index (χ2n) is 3.52. The van der Waals surface area contributed by atoms with Crippen molar-refractivity contribution in [3.05, 3.63) is 17.4 Å². The van der Waals surface area contributed by atoms with Crippen molar-refractivity contribution in [3.63, 3.8) is 0 Å². The summed E-state index contributed by atoms with van der Waals surface area (Å²) in [5.41, 5.74) is 0. The molecule has 1 aliphatic heterocycles. The highest BCUT2D eigenvalue weighted by atomic mass is 35.5. The third kappa shape index (κ3) is 2.56. The normalized spacial score (nSPS) is 18.1. The van der Waals surface area contributed by atoms with Crippen LogP contribution in [0.1, 0.15) is 12.8 Å². The molecule has 0 amide bonds. The summed E-state index contributed by atoms with van der Waals surface area (Å²) in [6, 6.07) is 0. The first-order valence-electron chi connectivity index (χ1n) is 4.87. The molecule has 15 heavy (non-hydrogen) atoms. The number of anilines is 1. The molecule has 1 fully saturated rings. The molecule has 6 heteroatoms. The molecule has 2 N–H and O–H groups in total.